The number of nitrogens with one attached hydrogen (secondary N) is 1. The quantitative estimate of drug-likeness (QED) is 0.859. The Morgan fingerprint density at radius 1 is 1.10 bits per heavy atom. The molecule has 0 amide bonds. The van der Waals surface area contributed by atoms with Crippen molar-refractivity contribution in [2.24, 2.45) is 10.8 Å². The molecule has 0 spiro atoms. The summed E-state index contributed by atoms with van der Waals surface area (Å²) in [6.07, 6.45) is 3.83. The Morgan fingerprint density at radius 3 is 2.29 bits per heavy atom. The van der Waals surface area contributed by atoms with Crippen molar-refractivity contribution in [1.29, 1.82) is 0 Å². The molecule has 2 rings (SSSR count). The first-order valence-corrected chi connectivity index (χ1v) is 8.15. The van der Waals surface area contributed by atoms with E-state index in [0.29, 0.717) is 16.9 Å². The number of anilines is 1. The van der Waals surface area contributed by atoms with Crippen LogP contribution in [0.15, 0.2) is 24.3 Å². The van der Waals surface area contributed by atoms with Crippen LogP contribution in [0.25, 0.3) is 0 Å². The highest BCUT2D eigenvalue weighted by Crippen LogP contribution is 2.46. The molecule has 118 valence electrons. The fraction of sp³-hybridized carbons (Fsp3) is 0.684. The molecule has 1 aliphatic carbocycles. The van der Waals surface area contributed by atoms with Crippen LogP contribution in [-0.4, -0.2) is 25.0 Å². The Labute approximate surface area is 130 Å². The van der Waals surface area contributed by atoms with Gasteiger partial charge in [0.15, 0.2) is 0 Å². The molecule has 0 bridgehead atoms. The highest BCUT2D eigenvalue weighted by molar-refractivity contribution is 5.46. The van der Waals surface area contributed by atoms with Gasteiger partial charge in [-0.1, -0.05) is 39.8 Å². The monoisotopic (exact) mass is 288 g/mol. The average molecular weight is 288 g/mol. The number of hydrogen-bond acceptors (Lipinski definition) is 2. The van der Waals surface area contributed by atoms with Crippen LogP contribution in [0.1, 0.15) is 52.5 Å². The number of hydrogen-bond donors (Lipinski definition) is 1. The summed E-state index contributed by atoms with van der Waals surface area (Å²) in [5.74, 6) is 0. The SMILES string of the molecule is CN(C)Cc1cccc(NC2CC(C)(C)CC(C)(C)C2)c1. The minimum Gasteiger partial charge on any atom is -0.382 e. The van der Waals surface area contributed by atoms with Gasteiger partial charge < -0.3 is 10.2 Å². The lowest BCUT2D eigenvalue weighted by atomic mass is 9.63. The average Bonchev–Trinajstić information content (AvgIpc) is 2.23. The second-order valence-electron chi connectivity index (χ2n) is 8.69. The predicted octanol–water partition coefficient (Wildman–Crippen LogP) is 4.77. The van der Waals surface area contributed by atoms with Crippen LogP contribution in [0.5, 0.6) is 0 Å². The predicted molar refractivity (Wildman–Crippen MR) is 92.7 cm³/mol. The summed E-state index contributed by atoms with van der Waals surface area (Å²) in [6.45, 7) is 10.6. The molecule has 21 heavy (non-hydrogen) atoms. The standard InChI is InChI=1S/C19H32N2/c1-18(2)11-17(12-19(3,4)14-18)20-16-9-7-8-15(10-16)13-21(5)6/h7-10,17,20H,11-14H2,1-6H3. The van der Waals surface area contributed by atoms with Gasteiger partial charge >= 0.3 is 0 Å². The Morgan fingerprint density at radius 2 is 1.71 bits per heavy atom. The van der Waals surface area contributed by atoms with Gasteiger partial charge in [-0.05, 0) is 61.9 Å². The molecule has 1 aromatic carbocycles. The molecular weight excluding hydrogens is 256 g/mol. The van der Waals surface area contributed by atoms with Gasteiger partial charge in [0, 0.05) is 18.3 Å². The first-order chi connectivity index (χ1) is 9.65. The first kappa shape index (κ1) is 16.4. The van der Waals surface area contributed by atoms with Gasteiger partial charge in [-0.15, -0.1) is 0 Å². The molecule has 0 radical (unpaired) electrons. The number of nitrogens with zero attached hydrogens (tertiary/aromatic N) is 1. The lowest BCUT2D eigenvalue weighted by Gasteiger charge is -2.45. The molecule has 1 N–H and O–H groups in total. The summed E-state index contributed by atoms with van der Waals surface area (Å²) in [4.78, 5) is 2.21. The van der Waals surface area contributed by atoms with Crippen LogP contribution in [0, 0.1) is 10.8 Å². The Kier molecular flexibility index (Phi) is 4.67. The summed E-state index contributed by atoms with van der Waals surface area (Å²) in [5.41, 5.74) is 3.51. The zero-order chi connectivity index (χ0) is 15.7. The summed E-state index contributed by atoms with van der Waals surface area (Å²) >= 11 is 0. The van der Waals surface area contributed by atoms with Crippen molar-refractivity contribution < 1.29 is 0 Å². The van der Waals surface area contributed by atoms with Crippen LogP contribution in [0.3, 0.4) is 0 Å². The Balaban J connectivity index is 2.07. The van der Waals surface area contributed by atoms with E-state index in [2.05, 4.69) is 76.3 Å². The molecular formula is C19H32N2. The van der Waals surface area contributed by atoms with E-state index in [1.54, 1.807) is 0 Å². The maximum Gasteiger partial charge on any atom is 0.0345 e. The second-order valence-corrected chi connectivity index (χ2v) is 8.69. The van der Waals surface area contributed by atoms with Crippen molar-refractivity contribution >= 4 is 5.69 Å². The largest absolute Gasteiger partial charge is 0.382 e. The van der Waals surface area contributed by atoms with Crippen LogP contribution in [-0.2, 0) is 6.54 Å². The smallest absolute Gasteiger partial charge is 0.0345 e. The third-order valence-electron chi connectivity index (χ3n) is 4.35. The second kappa shape index (κ2) is 6.00. The van der Waals surface area contributed by atoms with E-state index < -0.39 is 0 Å². The molecule has 1 saturated carbocycles. The van der Waals surface area contributed by atoms with Crippen LogP contribution < -0.4 is 5.32 Å². The lowest BCUT2D eigenvalue weighted by Crippen LogP contribution is -2.40. The highest BCUT2D eigenvalue weighted by atomic mass is 15.0. The molecule has 0 saturated heterocycles. The lowest BCUT2D eigenvalue weighted by molar-refractivity contribution is 0.105. The third kappa shape index (κ3) is 5.03. The van der Waals surface area contributed by atoms with Gasteiger partial charge in [0.05, 0.1) is 0 Å². The van der Waals surface area contributed by atoms with E-state index in [1.165, 1.54) is 30.5 Å². The summed E-state index contributed by atoms with van der Waals surface area (Å²) in [6, 6.07) is 9.46. The molecule has 2 nitrogen and oxygen atoms in total. The normalized spacial score (nSPS) is 21.5. The molecule has 0 atom stereocenters. The Bertz CT molecular complexity index is 458. The van der Waals surface area contributed by atoms with E-state index in [1.807, 2.05) is 0 Å². The van der Waals surface area contributed by atoms with Crippen molar-refractivity contribution in [3.05, 3.63) is 29.8 Å². The topological polar surface area (TPSA) is 15.3 Å². The molecule has 0 aromatic heterocycles. The fourth-order valence-corrected chi connectivity index (χ4v) is 4.31. The minimum atomic E-state index is 0.431. The van der Waals surface area contributed by atoms with Crippen LogP contribution in [0.4, 0.5) is 5.69 Å². The van der Waals surface area contributed by atoms with Gasteiger partial charge in [0.1, 0.15) is 0 Å². The molecule has 1 aliphatic rings. The van der Waals surface area contributed by atoms with Gasteiger partial charge in [-0.25, -0.2) is 0 Å². The third-order valence-corrected chi connectivity index (χ3v) is 4.35. The molecule has 1 fully saturated rings. The maximum absolute atomic E-state index is 3.79. The van der Waals surface area contributed by atoms with E-state index >= 15 is 0 Å². The van der Waals surface area contributed by atoms with Gasteiger partial charge in [0.25, 0.3) is 0 Å². The van der Waals surface area contributed by atoms with Crippen molar-refractivity contribution in [3.63, 3.8) is 0 Å². The van der Waals surface area contributed by atoms with E-state index in [-0.39, 0.29) is 0 Å². The van der Waals surface area contributed by atoms with E-state index in [4.69, 9.17) is 0 Å². The molecule has 1 aromatic rings. The van der Waals surface area contributed by atoms with Gasteiger partial charge in [0.2, 0.25) is 0 Å². The zero-order valence-electron chi connectivity index (χ0n) is 14.7. The van der Waals surface area contributed by atoms with Crippen molar-refractivity contribution in [2.75, 3.05) is 19.4 Å². The highest BCUT2D eigenvalue weighted by Gasteiger charge is 2.38. The Hall–Kier alpha value is -1.02. The fourth-order valence-electron chi connectivity index (χ4n) is 4.31. The minimum absolute atomic E-state index is 0.431. The van der Waals surface area contributed by atoms with Crippen molar-refractivity contribution in [1.82, 2.24) is 4.90 Å². The van der Waals surface area contributed by atoms with Crippen molar-refractivity contribution in [3.8, 4) is 0 Å². The molecule has 0 unspecified atom stereocenters. The van der Waals surface area contributed by atoms with Crippen molar-refractivity contribution in [2.45, 2.75) is 59.5 Å². The van der Waals surface area contributed by atoms with Crippen LogP contribution in [0.2, 0.25) is 0 Å². The molecule has 2 heteroatoms. The van der Waals surface area contributed by atoms with Crippen LogP contribution >= 0.6 is 0 Å². The molecule has 0 aliphatic heterocycles. The van der Waals surface area contributed by atoms with Gasteiger partial charge in [-0.2, -0.15) is 0 Å². The summed E-state index contributed by atoms with van der Waals surface area (Å²) < 4.78 is 0. The summed E-state index contributed by atoms with van der Waals surface area (Å²) in [7, 11) is 4.23. The maximum atomic E-state index is 3.79. The van der Waals surface area contributed by atoms with E-state index in [9.17, 15) is 0 Å². The number of benzene rings is 1. The first-order valence-electron chi connectivity index (χ1n) is 8.15. The zero-order valence-corrected chi connectivity index (χ0v) is 14.7. The number of rotatable bonds is 4. The summed E-state index contributed by atoms with van der Waals surface area (Å²) in [5, 5.41) is 3.79. The van der Waals surface area contributed by atoms with Gasteiger partial charge in [-0.3, -0.25) is 0 Å². The molecule has 0 heterocycles. The van der Waals surface area contributed by atoms with E-state index in [0.717, 1.165) is 6.54 Å².